The molecule has 1 aliphatic heterocycles. The van der Waals surface area contributed by atoms with Gasteiger partial charge in [0, 0.05) is 18.7 Å². The SMILES string of the molecule is COc1cc(C(=O)N2CCCCCC2)cc(Cl)c1OC. The van der Waals surface area contributed by atoms with Gasteiger partial charge in [-0.3, -0.25) is 4.79 Å². The fourth-order valence-corrected chi connectivity index (χ4v) is 2.79. The first-order chi connectivity index (χ1) is 9.67. The number of hydrogen-bond acceptors (Lipinski definition) is 3. The number of ether oxygens (including phenoxy) is 2. The molecule has 1 aromatic rings. The summed E-state index contributed by atoms with van der Waals surface area (Å²) >= 11 is 6.15. The molecule has 1 fully saturated rings. The maximum absolute atomic E-state index is 12.5. The Morgan fingerprint density at radius 2 is 1.75 bits per heavy atom. The summed E-state index contributed by atoms with van der Waals surface area (Å²) in [7, 11) is 3.06. The Hall–Kier alpha value is -1.42. The summed E-state index contributed by atoms with van der Waals surface area (Å²) in [5.41, 5.74) is 0.551. The minimum absolute atomic E-state index is 0.00903. The van der Waals surface area contributed by atoms with Crippen molar-refractivity contribution in [2.75, 3.05) is 27.3 Å². The Balaban J connectivity index is 2.27. The molecule has 0 N–H and O–H groups in total. The van der Waals surface area contributed by atoms with E-state index in [-0.39, 0.29) is 5.91 Å². The Kier molecular flexibility index (Phi) is 5.12. The standard InChI is InChI=1S/C15H20ClNO3/c1-19-13-10-11(9-12(16)14(13)20-2)15(18)17-7-5-3-4-6-8-17/h9-10H,3-8H2,1-2H3. The third-order valence-corrected chi connectivity index (χ3v) is 3.85. The normalized spacial score (nSPS) is 15.7. The average Bonchev–Trinajstić information content (AvgIpc) is 2.74. The number of benzene rings is 1. The molecule has 1 saturated heterocycles. The molecule has 1 heterocycles. The van der Waals surface area contributed by atoms with E-state index < -0.39 is 0 Å². The van der Waals surface area contributed by atoms with Crippen LogP contribution in [-0.4, -0.2) is 38.1 Å². The molecule has 4 nitrogen and oxygen atoms in total. The summed E-state index contributed by atoms with van der Waals surface area (Å²) in [5, 5.41) is 0.394. The molecule has 5 heteroatoms. The molecule has 2 rings (SSSR count). The topological polar surface area (TPSA) is 38.8 Å². The lowest BCUT2D eigenvalue weighted by Gasteiger charge is -2.21. The van der Waals surface area contributed by atoms with E-state index in [2.05, 4.69) is 0 Å². The molecular formula is C15H20ClNO3. The van der Waals surface area contributed by atoms with Crippen LogP contribution in [0.4, 0.5) is 0 Å². The lowest BCUT2D eigenvalue weighted by molar-refractivity contribution is 0.0761. The molecule has 0 aromatic heterocycles. The molecule has 0 atom stereocenters. The third kappa shape index (κ3) is 3.18. The van der Waals surface area contributed by atoms with Crippen molar-refractivity contribution in [1.29, 1.82) is 0 Å². The minimum Gasteiger partial charge on any atom is -0.493 e. The number of hydrogen-bond donors (Lipinski definition) is 0. The van der Waals surface area contributed by atoms with Crippen molar-refractivity contribution in [3.63, 3.8) is 0 Å². The molecule has 1 aromatic carbocycles. The van der Waals surface area contributed by atoms with Crippen molar-refractivity contribution in [2.24, 2.45) is 0 Å². The zero-order valence-corrected chi connectivity index (χ0v) is 12.7. The predicted molar refractivity (Wildman–Crippen MR) is 78.9 cm³/mol. The highest BCUT2D eigenvalue weighted by Crippen LogP contribution is 2.36. The largest absolute Gasteiger partial charge is 0.493 e. The van der Waals surface area contributed by atoms with Crippen LogP contribution < -0.4 is 9.47 Å². The summed E-state index contributed by atoms with van der Waals surface area (Å²) in [4.78, 5) is 14.4. The van der Waals surface area contributed by atoms with Gasteiger partial charge in [-0.1, -0.05) is 24.4 Å². The van der Waals surface area contributed by atoms with Gasteiger partial charge in [0.2, 0.25) is 0 Å². The molecule has 1 aliphatic rings. The van der Waals surface area contributed by atoms with Crippen molar-refractivity contribution in [2.45, 2.75) is 25.7 Å². The lowest BCUT2D eigenvalue weighted by Crippen LogP contribution is -2.31. The van der Waals surface area contributed by atoms with Gasteiger partial charge in [-0.2, -0.15) is 0 Å². The highest BCUT2D eigenvalue weighted by Gasteiger charge is 2.20. The van der Waals surface area contributed by atoms with E-state index in [0.717, 1.165) is 25.9 Å². The number of methoxy groups -OCH3 is 2. The Bertz CT molecular complexity index is 482. The van der Waals surface area contributed by atoms with Crippen LogP contribution in [0.1, 0.15) is 36.0 Å². The van der Waals surface area contributed by atoms with Gasteiger partial charge in [0.25, 0.3) is 5.91 Å². The third-order valence-electron chi connectivity index (χ3n) is 3.57. The summed E-state index contributed by atoms with van der Waals surface area (Å²) in [6.45, 7) is 1.62. The molecule has 0 unspecified atom stereocenters. The summed E-state index contributed by atoms with van der Waals surface area (Å²) < 4.78 is 10.4. The molecule has 0 saturated carbocycles. The summed E-state index contributed by atoms with van der Waals surface area (Å²) in [5.74, 6) is 0.953. The number of nitrogens with zero attached hydrogens (tertiary/aromatic N) is 1. The fourth-order valence-electron chi connectivity index (χ4n) is 2.50. The van der Waals surface area contributed by atoms with Crippen molar-refractivity contribution in [1.82, 2.24) is 4.90 Å². The monoisotopic (exact) mass is 297 g/mol. The molecule has 0 radical (unpaired) electrons. The number of rotatable bonds is 3. The Morgan fingerprint density at radius 3 is 2.30 bits per heavy atom. The molecule has 110 valence electrons. The van der Waals surface area contributed by atoms with Crippen molar-refractivity contribution >= 4 is 17.5 Å². The highest BCUT2D eigenvalue weighted by molar-refractivity contribution is 6.32. The zero-order chi connectivity index (χ0) is 14.5. The van der Waals surface area contributed by atoms with Gasteiger partial charge in [0.05, 0.1) is 19.2 Å². The molecule has 0 spiro atoms. The molecular weight excluding hydrogens is 278 g/mol. The molecule has 0 bridgehead atoms. The second-order valence-electron chi connectivity index (χ2n) is 4.90. The minimum atomic E-state index is 0.00903. The van der Waals surface area contributed by atoms with Crippen LogP contribution in [0.3, 0.4) is 0 Å². The molecule has 0 aliphatic carbocycles. The summed E-state index contributed by atoms with van der Waals surface area (Å²) in [6.07, 6.45) is 4.51. The summed E-state index contributed by atoms with van der Waals surface area (Å²) in [6, 6.07) is 3.34. The number of likely N-dealkylation sites (tertiary alicyclic amines) is 1. The maximum atomic E-state index is 12.5. The van der Waals surface area contributed by atoms with E-state index in [9.17, 15) is 4.79 Å². The average molecular weight is 298 g/mol. The van der Waals surface area contributed by atoms with Crippen LogP contribution >= 0.6 is 11.6 Å². The van der Waals surface area contributed by atoms with Gasteiger partial charge in [0.1, 0.15) is 0 Å². The fraction of sp³-hybridized carbons (Fsp3) is 0.533. The van der Waals surface area contributed by atoms with Gasteiger partial charge in [-0.15, -0.1) is 0 Å². The second kappa shape index (κ2) is 6.84. The highest BCUT2D eigenvalue weighted by atomic mass is 35.5. The first-order valence-corrected chi connectivity index (χ1v) is 7.26. The van der Waals surface area contributed by atoms with E-state index in [1.54, 1.807) is 12.1 Å². The van der Waals surface area contributed by atoms with Crippen LogP contribution in [0, 0.1) is 0 Å². The van der Waals surface area contributed by atoms with E-state index in [4.69, 9.17) is 21.1 Å². The van der Waals surface area contributed by atoms with Crippen molar-refractivity contribution in [3.05, 3.63) is 22.7 Å². The Labute approximate surface area is 124 Å². The quantitative estimate of drug-likeness (QED) is 0.858. The number of amides is 1. The predicted octanol–water partition coefficient (Wildman–Crippen LogP) is 3.37. The number of carbonyl (C=O) groups is 1. The van der Waals surface area contributed by atoms with Gasteiger partial charge < -0.3 is 14.4 Å². The second-order valence-corrected chi connectivity index (χ2v) is 5.31. The molecule has 1 amide bonds. The number of halogens is 1. The van der Waals surface area contributed by atoms with Gasteiger partial charge in [-0.05, 0) is 25.0 Å². The zero-order valence-electron chi connectivity index (χ0n) is 11.9. The van der Waals surface area contributed by atoms with E-state index >= 15 is 0 Å². The van der Waals surface area contributed by atoms with E-state index in [1.807, 2.05) is 4.90 Å². The number of carbonyl (C=O) groups excluding carboxylic acids is 1. The van der Waals surface area contributed by atoms with E-state index in [1.165, 1.54) is 27.1 Å². The first-order valence-electron chi connectivity index (χ1n) is 6.88. The maximum Gasteiger partial charge on any atom is 0.254 e. The van der Waals surface area contributed by atoms with Crippen LogP contribution in [0.2, 0.25) is 5.02 Å². The molecule has 20 heavy (non-hydrogen) atoms. The van der Waals surface area contributed by atoms with Gasteiger partial charge >= 0.3 is 0 Å². The van der Waals surface area contributed by atoms with Crippen LogP contribution in [0.5, 0.6) is 11.5 Å². The van der Waals surface area contributed by atoms with Gasteiger partial charge in [0.15, 0.2) is 11.5 Å². The van der Waals surface area contributed by atoms with Crippen LogP contribution in [0.15, 0.2) is 12.1 Å². The van der Waals surface area contributed by atoms with Crippen molar-refractivity contribution in [3.8, 4) is 11.5 Å². The van der Waals surface area contributed by atoms with E-state index in [0.29, 0.717) is 22.1 Å². The smallest absolute Gasteiger partial charge is 0.254 e. The Morgan fingerprint density at radius 1 is 1.10 bits per heavy atom. The lowest BCUT2D eigenvalue weighted by atomic mass is 10.1. The first kappa shape index (κ1) is 15.0. The van der Waals surface area contributed by atoms with Crippen LogP contribution in [-0.2, 0) is 0 Å². The van der Waals surface area contributed by atoms with Gasteiger partial charge in [-0.25, -0.2) is 0 Å². The van der Waals surface area contributed by atoms with Crippen LogP contribution in [0.25, 0.3) is 0 Å². The van der Waals surface area contributed by atoms with Crippen molar-refractivity contribution < 1.29 is 14.3 Å².